The van der Waals surface area contributed by atoms with E-state index in [1.54, 1.807) is 23.5 Å². The molecule has 0 heterocycles. The zero-order chi connectivity index (χ0) is 20.6. The quantitative estimate of drug-likeness (QED) is 0.424. The second-order valence-electron chi connectivity index (χ2n) is 6.69. The van der Waals surface area contributed by atoms with Crippen molar-refractivity contribution in [3.8, 4) is 5.75 Å². The van der Waals surface area contributed by atoms with Gasteiger partial charge in [-0.3, -0.25) is 4.79 Å². The highest BCUT2D eigenvalue weighted by atomic mass is 32.2. The predicted molar refractivity (Wildman–Crippen MR) is 115 cm³/mol. The molecule has 0 spiro atoms. The van der Waals surface area contributed by atoms with Crippen LogP contribution in [-0.2, 0) is 19.1 Å². The summed E-state index contributed by atoms with van der Waals surface area (Å²) >= 11 is 3.61. The Labute approximate surface area is 176 Å². The molecule has 0 bridgehead atoms. The van der Waals surface area contributed by atoms with Crippen molar-refractivity contribution in [3.05, 3.63) is 30.3 Å². The highest BCUT2D eigenvalue weighted by Crippen LogP contribution is 2.47. The number of methoxy groups -OCH3 is 1. The molecule has 3 unspecified atom stereocenters. The van der Waals surface area contributed by atoms with Crippen LogP contribution < -0.4 is 4.74 Å². The molecule has 1 fully saturated rings. The third-order valence-electron chi connectivity index (χ3n) is 4.85. The van der Waals surface area contributed by atoms with E-state index in [1.807, 2.05) is 30.3 Å². The molecule has 2 rings (SSSR count). The predicted octanol–water partition coefficient (Wildman–Crippen LogP) is 4.54. The van der Waals surface area contributed by atoms with Crippen LogP contribution in [0.3, 0.4) is 0 Å². The second-order valence-corrected chi connectivity index (χ2v) is 9.82. The van der Waals surface area contributed by atoms with Gasteiger partial charge in [0.25, 0.3) is 0 Å². The van der Waals surface area contributed by atoms with Crippen LogP contribution in [0.25, 0.3) is 0 Å². The lowest BCUT2D eigenvalue weighted by molar-refractivity contribution is -0.174. The average molecular weight is 427 g/mol. The van der Waals surface area contributed by atoms with E-state index < -0.39 is 5.60 Å². The first-order valence-electron chi connectivity index (χ1n) is 9.69. The van der Waals surface area contributed by atoms with E-state index in [0.29, 0.717) is 25.0 Å². The van der Waals surface area contributed by atoms with Gasteiger partial charge < -0.3 is 14.2 Å². The van der Waals surface area contributed by atoms with Gasteiger partial charge in [-0.15, -0.1) is 23.5 Å². The van der Waals surface area contributed by atoms with Gasteiger partial charge in [0.15, 0.2) is 0 Å². The van der Waals surface area contributed by atoms with Gasteiger partial charge in [-0.05, 0) is 36.5 Å². The van der Waals surface area contributed by atoms with Crippen LogP contribution in [-0.4, -0.2) is 46.8 Å². The van der Waals surface area contributed by atoms with Crippen LogP contribution in [0, 0.1) is 5.92 Å². The molecule has 0 N–H and O–H groups in total. The van der Waals surface area contributed by atoms with Gasteiger partial charge in [-0.25, -0.2) is 4.79 Å². The van der Waals surface area contributed by atoms with Crippen molar-refractivity contribution in [1.82, 2.24) is 0 Å². The van der Waals surface area contributed by atoms with Gasteiger partial charge in [0.05, 0.1) is 11.7 Å². The summed E-state index contributed by atoms with van der Waals surface area (Å²) in [7, 11) is 1.41. The molecule has 1 saturated carbocycles. The number of rotatable bonds is 9. The first-order valence-corrected chi connectivity index (χ1v) is 11.8. The first-order chi connectivity index (χ1) is 13.5. The molecular weight excluding hydrogens is 396 g/mol. The topological polar surface area (TPSA) is 61.8 Å². The molecule has 1 aliphatic carbocycles. The van der Waals surface area contributed by atoms with E-state index in [2.05, 4.69) is 13.8 Å². The summed E-state index contributed by atoms with van der Waals surface area (Å²) in [5, 5.41) is 0. The number of carbonyl (C=O) groups is 2. The Morgan fingerprint density at radius 1 is 1.18 bits per heavy atom. The third-order valence-corrected chi connectivity index (χ3v) is 7.65. The Balaban J connectivity index is 2.44. The maximum Gasteiger partial charge on any atom is 0.350 e. The van der Waals surface area contributed by atoms with Crippen molar-refractivity contribution < 1.29 is 23.8 Å². The van der Waals surface area contributed by atoms with Crippen molar-refractivity contribution >= 4 is 35.5 Å². The van der Waals surface area contributed by atoms with Gasteiger partial charge in [-0.2, -0.15) is 0 Å². The summed E-state index contributed by atoms with van der Waals surface area (Å²) in [4.78, 5) is 24.6. The molecule has 0 aliphatic heterocycles. The third kappa shape index (κ3) is 5.60. The lowest BCUT2D eigenvalue weighted by Crippen LogP contribution is -2.58. The van der Waals surface area contributed by atoms with E-state index >= 15 is 0 Å². The minimum Gasteiger partial charge on any atom is -0.475 e. The van der Waals surface area contributed by atoms with E-state index in [1.165, 1.54) is 14.0 Å². The van der Waals surface area contributed by atoms with Crippen LogP contribution in [0.1, 0.15) is 40.0 Å². The maximum atomic E-state index is 13.1. The first kappa shape index (κ1) is 22.9. The highest BCUT2D eigenvalue weighted by Gasteiger charge is 2.56. The van der Waals surface area contributed by atoms with Crippen molar-refractivity contribution in [1.29, 1.82) is 0 Å². The molecule has 1 aromatic carbocycles. The Morgan fingerprint density at radius 3 is 2.36 bits per heavy atom. The maximum absolute atomic E-state index is 13.1. The molecule has 3 atom stereocenters. The molecule has 156 valence electrons. The summed E-state index contributed by atoms with van der Waals surface area (Å²) in [5.41, 5.74) is -1.10. The van der Waals surface area contributed by atoms with Gasteiger partial charge in [-0.1, -0.05) is 32.0 Å². The van der Waals surface area contributed by atoms with Gasteiger partial charge in [0, 0.05) is 19.3 Å². The monoisotopic (exact) mass is 426 g/mol. The number of carbonyl (C=O) groups excluding carboxylic acids is 2. The largest absolute Gasteiger partial charge is 0.475 e. The number of esters is 2. The number of benzene rings is 1. The minimum atomic E-state index is -1.10. The highest BCUT2D eigenvalue weighted by molar-refractivity contribution is 8.17. The molecule has 0 saturated heterocycles. The summed E-state index contributed by atoms with van der Waals surface area (Å²) in [6.07, 6.45) is 1.38. The fraction of sp³-hybridized carbons (Fsp3) is 0.619. The normalized spacial score (nSPS) is 24.6. The Morgan fingerprint density at radius 2 is 1.82 bits per heavy atom. The molecular formula is C21H30O5S2. The summed E-state index contributed by atoms with van der Waals surface area (Å²) in [5.74, 6) is 1.70. The van der Waals surface area contributed by atoms with Crippen LogP contribution in [0.2, 0.25) is 0 Å². The van der Waals surface area contributed by atoms with Crippen LogP contribution >= 0.6 is 23.5 Å². The number of hydrogen-bond donors (Lipinski definition) is 0. The van der Waals surface area contributed by atoms with Gasteiger partial charge in [0.1, 0.15) is 11.9 Å². The van der Waals surface area contributed by atoms with E-state index in [9.17, 15) is 9.59 Å². The zero-order valence-electron chi connectivity index (χ0n) is 17.0. The molecule has 0 aromatic heterocycles. The lowest BCUT2D eigenvalue weighted by atomic mass is 9.74. The van der Waals surface area contributed by atoms with Gasteiger partial charge in [0.2, 0.25) is 5.60 Å². The molecule has 1 aromatic rings. The van der Waals surface area contributed by atoms with Crippen LogP contribution in [0.5, 0.6) is 5.75 Å². The molecule has 5 nitrogen and oxygen atoms in total. The van der Waals surface area contributed by atoms with E-state index in [4.69, 9.17) is 14.2 Å². The average Bonchev–Trinajstić information content (AvgIpc) is 2.68. The second kappa shape index (κ2) is 11.0. The fourth-order valence-electron chi connectivity index (χ4n) is 3.73. The van der Waals surface area contributed by atoms with Crippen molar-refractivity contribution in [2.75, 3.05) is 18.6 Å². The Kier molecular flexibility index (Phi) is 9.02. The Hall–Kier alpha value is -1.34. The molecule has 28 heavy (non-hydrogen) atoms. The van der Waals surface area contributed by atoms with E-state index in [0.717, 1.165) is 11.5 Å². The van der Waals surface area contributed by atoms with Crippen molar-refractivity contribution in [3.63, 3.8) is 0 Å². The van der Waals surface area contributed by atoms with Crippen molar-refractivity contribution in [2.45, 2.75) is 56.3 Å². The molecule has 0 amide bonds. The standard InChI is InChI=1S/C21H30O5S2/c1-5-27-19(28-6-2)18-14-17(25-15(3)22)12-13-21(18,20(23)24-4)26-16-10-8-7-9-11-16/h7-11,17-19H,5-6,12-14H2,1-4H3. The summed E-state index contributed by atoms with van der Waals surface area (Å²) in [6, 6.07) is 9.40. The molecule has 7 heteroatoms. The van der Waals surface area contributed by atoms with E-state index in [-0.39, 0.29) is 28.5 Å². The molecule has 0 radical (unpaired) electrons. The number of ether oxygens (including phenoxy) is 3. The van der Waals surface area contributed by atoms with Crippen LogP contribution in [0.15, 0.2) is 30.3 Å². The SMILES string of the molecule is CCSC(SCC)C1CC(OC(C)=O)CCC1(Oc1ccccc1)C(=O)OC. The minimum absolute atomic E-state index is 0.135. The van der Waals surface area contributed by atoms with Crippen molar-refractivity contribution in [2.24, 2.45) is 5.92 Å². The Bertz CT molecular complexity index is 633. The smallest absolute Gasteiger partial charge is 0.350 e. The fourth-order valence-corrected chi connectivity index (χ4v) is 6.71. The van der Waals surface area contributed by atoms with Gasteiger partial charge >= 0.3 is 11.9 Å². The number of thioether (sulfide) groups is 2. The number of para-hydroxylation sites is 1. The molecule has 1 aliphatic rings. The summed E-state index contributed by atoms with van der Waals surface area (Å²) < 4.78 is 17.3. The summed E-state index contributed by atoms with van der Waals surface area (Å²) in [6.45, 7) is 5.65. The van der Waals surface area contributed by atoms with Crippen LogP contribution in [0.4, 0.5) is 0 Å². The lowest BCUT2D eigenvalue weighted by Gasteiger charge is -2.46. The zero-order valence-corrected chi connectivity index (χ0v) is 18.6. The number of hydrogen-bond acceptors (Lipinski definition) is 7.